The molecule has 0 saturated carbocycles. The Morgan fingerprint density at radius 2 is 1.84 bits per heavy atom. The van der Waals surface area contributed by atoms with Gasteiger partial charge in [-0.25, -0.2) is 4.79 Å². The number of benzene rings is 1. The second kappa shape index (κ2) is 8.84. The van der Waals surface area contributed by atoms with Crippen molar-refractivity contribution in [3.05, 3.63) is 46.8 Å². The predicted molar refractivity (Wildman–Crippen MR) is 94.1 cm³/mol. The lowest BCUT2D eigenvalue weighted by molar-refractivity contribution is -0.115. The van der Waals surface area contributed by atoms with Crippen molar-refractivity contribution < 1.29 is 23.9 Å². The third kappa shape index (κ3) is 5.32. The lowest BCUT2D eigenvalue weighted by atomic mass is 10.1. The van der Waals surface area contributed by atoms with E-state index in [9.17, 15) is 14.4 Å². The first kappa shape index (κ1) is 18.5. The summed E-state index contributed by atoms with van der Waals surface area (Å²) >= 11 is 1.20. The highest BCUT2D eigenvalue weighted by atomic mass is 32.1. The summed E-state index contributed by atoms with van der Waals surface area (Å²) in [6.45, 7) is 1.80. The molecular weight excluding hydrogens is 344 g/mol. The van der Waals surface area contributed by atoms with Gasteiger partial charge in [0.1, 0.15) is 10.8 Å². The van der Waals surface area contributed by atoms with Crippen molar-refractivity contribution in [3.8, 4) is 5.75 Å². The van der Waals surface area contributed by atoms with Gasteiger partial charge < -0.3 is 14.8 Å². The Bertz CT molecular complexity index is 755. The molecule has 0 aliphatic rings. The minimum absolute atomic E-state index is 0.154. The quantitative estimate of drug-likeness (QED) is 0.824. The van der Waals surface area contributed by atoms with Gasteiger partial charge in [-0.15, -0.1) is 11.3 Å². The summed E-state index contributed by atoms with van der Waals surface area (Å²) in [7, 11) is 1.57. The van der Waals surface area contributed by atoms with Crippen LogP contribution in [-0.2, 0) is 16.0 Å². The number of thiophene rings is 1. The van der Waals surface area contributed by atoms with E-state index in [1.807, 2.05) is 0 Å². The highest BCUT2D eigenvalue weighted by Crippen LogP contribution is 2.23. The van der Waals surface area contributed by atoms with Gasteiger partial charge in [0.25, 0.3) is 5.91 Å². The summed E-state index contributed by atoms with van der Waals surface area (Å²) in [6.07, 6.45) is -0.671. The fraction of sp³-hybridized carbons (Fsp3) is 0.235. The second-order valence-electron chi connectivity index (χ2n) is 4.91. The smallest absolute Gasteiger partial charge is 0.414 e. The molecule has 1 aromatic heterocycles. The zero-order valence-corrected chi connectivity index (χ0v) is 14.6. The van der Waals surface area contributed by atoms with Gasteiger partial charge >= 0.3 is 6.09 Å². The zero-order chi connectivity index (χ0) is 18.2. The van der Waals surface area contributed by atoms with E-state index in [1.54, 1.807) is 43.7 Å². The number of imide groups is 1. The summed E-state index contributed by atoms with van der Waals surface area (Å²) in [6, 6.07) is 8.66. The first-order chi connectivity index (χ1) is 12.0. The molecule has 2 N–H and O–H groups in total. The Hall–Kier alpha value is -2.87. The highest BCUT2D eigenvalue weighted by Gasteiger charge is 2.17. The van der Waals surface area contributed by atoms with Crippen molar-refractivity contribution in [2.75, 3.05) is 19.0 Å². The van der Waals surface area contributed by atoms with Gasteiger partial charge in [0.05, 0.1) is 25.7 Å². The summed E-state index contributed by atoms with van der Waals surface area (Å²) in [4.78, 5) is 35.6. The van der Waals surface area contributed by atoms with Gasteiger partial charge in [-0.05, 0) is 36.1 Å². The number of ether oxygens (including phenoxy) is 2. The second-order valence-corrected chi connectivity index (χ2v) is 5.83. The molecule has 3 amide bonds. The van der Waals surface area contributed by atoms with Crippen LogP contribution in [0.3, 0.4) is 0 Å². The van der Waals surface area contributed by atoms with Gasteiger partial charge in [-0.3, -0.25) is 14.9 Å². The number of hydrogen-bond acceptors (Lipinski definition) is 6. The van der Waals surface area contributed by atoms with E-state index in [1.165, 1.54) is 17.4 Å². The van der Waals surface area contributed by atoms with Crippen molar-refractivity contribution >= 4 is 34.2 Å². The van der Waals surface area contributed by atoms with Crippen molar-refractivity contribution in [1.29, 1.82) is 0 Å². The summed E-state index contributed by atoms with van der Waals surface area (Å²) < 4.78 is 9.73. The van der Waals surface area contributed by atoms with Crippen molar-refractivity contribution in [2.45, 2.75) is 13.3 Å². The van der Waals surface area contributed by atoms with E-state index in [-0.39, 0.29) is 24.5 Å². The van der Waals surface area contributed by atoms with Crippen LogP contribution in [0.25, 0.3) is 0 Å². The van der Waals surface area contributed by atoms with Crippen LogP contribution >= 0.6 is 11.3 Å². The number of nitrogens with one attached hydrogen (secondary N) is 2. The molecule has 0 bridgehead atoms. The Kier molecular flexibility index (Phi) is 6.53. The topological polar surface area (TPSA) is 93.7 Å². The SMILES string of the molecule is CCOC(=O)NC(=O)c1ccsc1NC(=O)Cc1ccc(OC)cc1. The van der Waals surface area contributed by atoms with Crippen LogP contribution in [0.5, 0.6) is 5.75 Å². The molecule has 0 unspecified atom stereocenters. The number of methoxy groups -OCH3 is 1. The number of alkyl carbamates (subject to hydrolysis) is 1. The standard InChI is InChI=1S/C17H18N2O5S/c1-3-24-17(22)19-15(21)13-8-9-25-16(13)18-14(20)10-11-4-6-12(23-2)7-5-11/h4-9H,3,10H2,1-2H3,(H,18,20)(H,19,21,22). The molecular formula is C17H18N2O5S. The van der Waals surface area contributed by atoms with Crippen LogP contribution in [0.4, 0.5) is 9.80 Å². The van der Waals surface area contributed by atoms with Crippen molar-refractivity contribution in [3.63, 3.8) is 0 Å². The van der Waals surface area contributed by atoms with Crippen molar-refractivity contribution in [2.24, 2.45) is 0 Å². The van der Waals surface area contributed by atoms with Gasteiger partial charge in [0.15, 0.2) is 0 Å². The predicted octanol–water partition coefficient (Wildman–Crippen LogP) is 2.82. The molecule has 0 saturated heterocycles. The molecule has 0 aliphatic carbocycles. The Balaban J connectivity index is 1.98. The Labute approximate surface area is 148 Å². The maximum atomic E-state index is 12.2. The molecule has 0 aliphatic heterocycles. The van der Waals surface area contributed by atoms with E-state index >= 15 is 0 Å². The molecule has 2 rings (SSSR count). The molecule has 2 aromatic rings. The average Bonchev–Trinajstić information content (AvgIpc) is 3.03. The lowest BCUT2D eigenvalue weighted by Crippen LogP contribution is -2.31. The first-order valence-electron chi connectivity index (χ1n) is 7.51. The van der Waals surface area contributed by atoms with E-state index in [0.29, 0.717) is 10.8 Å². The van der Waals surface area contributed by atoms with E-state index in [4.69, 9.17) is 4.74 Å². The van der Waals surface area contributed by atoms with Crippen LogP contribution in [0.1, 0.15) is 22.8 Å². The van der Waals surface area contributed by atoms with Crippen LogP contribution in [0, 0.1) is 0 Å². The molecule has 0 fully saturated rings. The minimum atomic E-state index is -0.825. The maximum absolute atomic E-state index is 12.2. The largest absolute Gasteiger partial charge is 0.497 e. The lowest BCUT2D eigenvalue weighted by Gasteiger charge is -2.07. The van der Waals surface area contributed by atoms with E-state index in [2.05, 4.69) is 15.4 Å². The van der Waals surface area contributed by atoms with Crippen LogP contribution in [0.15, 0.2) is 35.7 Å². The number of rotatable bonds is 6. The highest BCUT2D eigenvalue weighted by molar-refractivity contribution is 7.14. The van der Waals surface area contributed by atoms with E-state index in [0.717, 1.165) is 5.56 Å². The first-order valence-corrected chi connectivity index (χ1v) is 8.39. The number of anilines is 1. The monoisotopic (exact) mass is 362 g/mol. The summed E-state index contributed by atoms with van der Waals surface area (Å²) in [5, 5.41) is 6.82. The van der Waals surface area contributed by atoms with E-state index < -0.39 is 12.0 Å². The molecule has 0 spiro atoms. The Morgan fingerprint density at radius 3 is 2.48 bits per heavy atom. The fourth-order valence-corrected chi connectivity index (χ4v) is 2.81. The Morgan fingerprint density at radius 1 is 1.12 bits per heavy atom. The zero-order valence-electron chi connectivity index (χ0n) is 13.8. The van der Waals surface area contributed by atoms with Crippen LogP contribution in [-0.4, -0.2) is 31.6 Å². The van der Waals surface area contributed by atoms with Crippen molar-refractivity contribution in [1.82, 2.24) is 5.32 Å². The van der Waals surface area contributed by atoms with Crippen LogP contribution < -0.4 is 15.4 Å². The molecule has 0 atom stereocenters. The van der Waals surface area contributed by atoms with Gasteiger partial charge in [-0.1, -0.05) is 12.1 Å². The molecule has 1 aromatic carbocycles. The fourth-order valence-electron chi connectivity index (χ4n) is 2.01. The van der Waals surface area contributed by atoms with Gasteiger partial charge in [0, 0.05) is 0 Å². The third-order valence-corrected chi connectivity index (χ3v) is 4.01. The van der Waals surface area contributed by atoms with Crippen LogP contribution in [0.2, 0.25) is 0 Å². The minimum Gasteiger partial charge on any atom is -0.497 e. The number of carbonyl (C=O) groups is 3. The molecule has 25 heavy (non-hydrogen) atoms. The number of hydrogen-bond donors (Lipinski definition) is 2. The molecule has 0 radical (unpaired) electrons. The number of carbonyl (C=O) groups excluding carboxylic acids is 3. The molecule has 8 heteroatoms. The third-order valence-electron chi connectivity index (χ3n) is 3.18. The maximum Gasteiger partial charge on any atom is 0.414 e. The average molecular weight is 362 g/mol. The molecule has 1 heterocycles. The number of amides is 3. The van der Waals surface area contributed by atoms with Gasteiger partial charge in [-0.2, -0.15) is 0 Å². The van der Waals surface area contributed by atoms with Gasteiger partial charge in [0.2, 0.25) is 5.91 Å². The molecule has 132 valence electrons. The molecule has 7 nitrogen and oxygen atoms in total. The normalized spacial score (nSPS) is 10.0. The summed E-state index contributed by atoms with van der Waals surface area (Å²) in [5.74, 6) is -0.183. The summed E-state index contributed by atoms with van der Waals surface area (Å²) in [5.41, 5.74) is 1.02.